The van der Waals surface area contributed by atoms with Crippen LogP contribution in [-0.4, -0.2) is 52.2 Å². The predicted molar refractivity (Wildman–Crippen MR) is 173 cm³/mol. The van der Waals surface area contributed by atoms with E-state index >= 15 is 0 Å². The molecule has 0 aliphatic carbocycles. The summed E-state index contributed by atoms with van der Waals surface area (Å²) >= 11 is 0. The SMILES string of the molecule is CC1=C(C(=O)OCCCN2CCC(c3ccccc3)(c3ccccc3)CC2)C(c2ccccc2[N+](=O)[O-])C(c2nnco2)=C(C)N1. The zero-order valence-corrected chi connectivity index (χ0v) is 26.0. The van der Waals surface area contributed by atoms with Crippen LogP contribution in [0.5, 0.6) is 0 Å². The molecule has 1 unspecified atom stereocenters. The molecular weight excluding hydrogens is 582 g/mol. The van der Waals surface area contributed by atoms with Crippen molar-refractivity contribution in [2.45, 2.75) is 44.4 Å². The van der Waals surface area contributed by atoms with Crippen molar-refractivity contribution in [2.75, 3.05) is 26.2 Å². The lowest BCUT2D eigenvalue weighted by Crippen LogP contribution is -2.43. The third kappa shape index (κ3) is 6.08. The molecule has 46 heavy (non-hydrogen) atoms. The first-order valence-electron chi connectivity index (χ1n) is 15.6. The van der Waals surface area contributed by atoms with Crippen molar-refractivity contribution < 1.29 is 18.9 Å². The average molecular weight is 620 g/mol. The molecule has 4 aromatic rings. The standard InChI is InChI=1S/C36H37N5O5/c1-25-31(34-39-37-24-46-34)33(29-16-9-10-17-30(29)41(43)44)32(26(2)38-25)35(42)45-23-11-20-40-21-18-36(19-22-40,27-12-5-3-6-13-27)28-14-7-4-8-15-28/h3-10,12-17,24,33,38H,11,18-23H2,1-2H3. The van der Waals surface area contributed by atoms with Crippen LogP contribution in [-0.2, 0) is 14.9 Å². The Morgan fingerprint density at radius 2 is 1.61 bits per heavy atom. The second-order valence-electron chi connectivity index (χ2n) is 11.8. The summed E-state index contributed by atoms with van der Waals surface area (Å²) in [7, 11) is 0. The van der Waals surface area contributed by atoms with Gasteiger partial charge in [-0.15, -0.1) is 10.2 Å². The number of allylic oxidation sites excluding steroid dienone is 3. The average Bonchev–Trinajstić information content (AvgIpc) is 3.62. The van der Waals surface area contributed by atoms with Crippen molar-refractivity contribution in [3.05, 3.63) is 141 Å². The highest BCUT2D eigenvalue weighted by atomic mass is 16.6. The van der Waals surface area contributed by atoms with E-state index < -0.39 is 16.8 Å². The summed E-state index contributed by atoms with van der Waals surface area (Å²) in [5.41, 5.74) is 4.90. The molecular formula is C36H37N5O5. The molecule has 10 heteroatoms. The van der Waals surface area contributed by atoms with Gasteiger partial charge in [0.05, 0.1) is 23.0 Å². The minimum absolute atomic E-state index is 0.0275. The molecule has 236 valence electrons. The van der Waals surface area contributed by atoms with E-state index in [1.165, 1.54) is 23.6 Å². The quantitative estimate of drug-likeness (QED) is 0.0931. The molecule has 0 bridgehead atoms. The number of rotatable bonds is 10. The molecule has 1 saturated heterocycles. The summed E-state index contributed by atoms with van der Waals surface area (Å²) in [6, 6.07) is 27.9. The van der Waals surface area contributed by atoms with Gasteiger partial charge >= 0.3 is 5.97 Å². The molecule has 1 aromatic heterocycles. The second-order valence-corrected chi connectivity index (χ2v) is 11.8. The molecule has 0 spiro atoms. The molecule has 10 nitrogen and oxygen atoms in total. The largest absolute Gasteiger partial charge is 0.462 e. The van der Waals surface area contributed by atoms with Crippen molar-refractivity contribution in [3.8, 4) is 0 Å². The first kappa shape index (κ1) is 30.9. The van der Waals surface area contributed by atoms with Crippen molar-refractivity contribution in [1.29, 1.82) is 0 Å². The maximum atomic E-state index is 13.8. The molecule has 2 aliphatic heterocycles. The number of piperidine rings is 1. The summed E-state index contributed by atoms with van der Waals surface area (Å²) in [4.78, 5) is 27.8. The highest BCUT2D eigenvalue weighted by Crippen LogP contribution is 2.46. The molecule has 0 saturated carbocycles. The molecule has 6 rings (SSSR count). The normalized spacial score (nSPS) is 18.3. The Bertz CT molecular complexity index is 1700. The van der Waals surface area contributed by atoms with Gasteiger partial charge in [-0.05, 0) is 57.3 Å². The van der Waals surface area contributed by atoms with Crippen LogP contribution in [0.15, 0.2) is 113 Å². The molecule has 3 aromatic carbocycles. The topological polar surface area (TPSA) is 124 Å². The fraction of sp³-hybridized carbons (Fsp3) is 0.306. The van der Waals surface area contributed by atoms with Crippen LogP contribution < -0.4 is 5.32 Å². The number of nitrogens with one attached hydrogen (secondary N) is 1. The smallest absolute Gasteiger partial charge is 0.336 e. The summed E-state index contributed by atoms with van der Waals surface area (Å²) in [5, 5.41) is 23.1. The van der Waals surface area contributed by atoms with Crippen LogP contribution in [0.2, 0.25) is 0 Å². The Hall–Kier alpha value is -5.09. The summed E-state index contributed by atoms with van der Waals surface area (Å²) in [6.45, 7) is 6.47. The Kier molecular flexibility index (Phi) is 9.07. The number of dihydropyridines is 1. The Morgan fingerprint density at radius 1 is 0.978 bits per heavy atom. The zero-order valence-electron chi connectivity index (χ0n) is 26.0. The van der Waals surface area contributed by atoms with Gasteiger partial charge in [0.25, 0.3) is 5.69 Å². The lowest BCUT2D eigenvalue weighted by molar-refractivity contribution is -0.385. The Balaban J connectivity index is 1.14. The van der Waals surface area contributed by atoms with E-state index in [9.17, 15) is 14.9 Å². The van der Waals surface area contributed by atoms with E-state index in [0.29, 0.717) is 29.0 Å². The number of carbonyl (C=O) groups is 1. The molecule has 1 N–H and O–H groups in total. The second kappa shape index (κ2) is 13.5. The maximum absolute atomic E-state index is 13.8. The fourth-order valence-corrected chi connectivity index (χ4v) is 6.99. The number of para-hydroxylation sites is 1. The molecule has 0 radical (unpaired) electrons. The van der Waals surface area contributed by atoms with Crippen LogP contribution in [0.3, 0.4) is 0 Å². The van der Waals surface area contributed by atoms with Gasteiger partial charge in [-0.25, -0.2) is 4.79 Å². The Morgan fingerprint density at radius 3 is 2.22 bits per heavy atom. The first-order valence-corrected chi connectivity index (χ1v) is 15.6. The van der Waals surface area contributed by atoms with E-state index in [0.717, 1.165) is 32.5 Å². The van der Waals surface area contributed by atoms with Crippen molar-refractivity contribution in [2.24, 2.45) is 0 Å². The van der Waals surface area contributed by atoms with Gasteiger partial charge in [0, 0.05) is 40.6 Å². The third-order valence-corrected chi connectivity index (χ3v) is 9.23. The van der Waals surface area contributed by atoms with Crippen LogP contribution in [0.4, 0.5) is 5.69 Å². The van der Waals surface area contributed by atoms with Gasteiger partial charge in [0.1, 0.15) is 0 Å². The van der Waals surface area contributed by atoms with Gasteiger partial charge < -0.3 is 19.4 Å². The number of nitro groups is 1. The number of hydrogen-bond donors (Lipinski definition) is 1. The molecule has 2 aliphatic rings. The zero-order chi connectivity index (χ0) is 32.1. The van der Waals surface area contributed by atoms with E-state index in [1.807, 2.05) is 6.92 Å². The van der Waals surface area contributed by atoms with E-state index in [4.69, 9.17) is 9.15 Å². The number of nitrogens with zero attached hydrogens (tertiary/aromatic N) is 4. The number of aromatic nitrogens is 2. The first-order chi connectivity index (χ1) is 22.4. The number of ether oxygens (including phenoxy) is 1. The molecule has 1 atom stereocenters. The van der Waals surface area contributed by atoms with Crippen molar-refractivity contribution in [1.82, 2.24) is 20.4 Å². The summed E-state index contributed by atoms with van der Waals surface area (Å²) in [6.07, 6.45) is 3.86. The number of carbonyl (C=O) groups excluding carboxylic acids is 1. The highest BCUT2D eigenvalue weighted by molar-refractivity contribution is 5.97. The van der Waals surface area contributed by atoms with Crippen LogP contribution >= 0.6 is 0 Å². The van der Waals surface area contributed by atoms with E-state index in [2.05, 4.69) is 81.1 Å². The number of benzene rings is 3. The van der Waals surface area contributed by atoms with Crippen molar-refractivity contribution in [3.63, 3.8) is 0 Å². The minimum Gasteiger partial charge on any atom is -0.462 e. The Labute approximate surface area is 267 Å². The molecule has 1 fully saturated rings. The monoisotopic (exact) mass is 619 g/mol. The highest BCUT2D eigenvalue weighted by Gasteiger charge is 2.40. The van der Waals surface area contributed by atoms with Gasteiger partial charge in [-0.1, -0.05) is 78.9 Å². The van der Waals surface area contributed by atoms with Crippen molar-refractivity contribution >= 4 is 17.2 Å². The summed E-state index contributed by atoms with van der Waals surface area (Å²) in [5.74, 6) is -1.19. The summed E-state index contributed by atoms with van der Waals surface area (Å²) < 4.78 is 11.4. The van der Waals surface area contributed by atoms with Gasteiger partial charge in [-0.2, -0.15) is 0 Å². The van der Waals surface area contributed by atoms with Crippen LogP contribution in [0, 0.1) is 10.1 Å². The maximum Gasteiger partial charge on any atom is 0.336 e. The molecule has 3 heterocycles. The van der Waals surface area contributed by atoms with Crippen LogP contribution in [0.1, 0.15) is 61.6 Å². The third-order valence-electron chi connectivity index (χ3n) is 9.23. The lowest BCUT2D eigenvalue weighted by atomic mass is 9.68. The van der Waals surface area contributed by atoms with E-state index in [1.54, 1.807) is 25.1 Å². The lowest BCUT2D eigenvalue weighted by Gasteiger charge is -2.43. The fourth-order valence-electron chi connectivity index (χ4n) is 6.99. The number of likely N-dealkylation sites (tertiary alicyclic amines) is 1. The number of esters is 1. The van der Waals surface area contributed by atoms with Crippen LogP contribution in [0.25, 0.3) is 5.57 Å². The molecule has 0 amide bonds. The minimum atomic E-state index is -0.831. The van der Waals surface area contributed by atoms with E-state index in [-0.39, 0.29) is 29.2 Å². The number of nitro benzene ring substituents is 1. The van der Waals surface area contributed by atoms with Gasteiger partial charge in [-0.3, -0.25) is 10.1 Å². The predicted octanol–water partition coefficient (Wildman–Crippen LogP) is 6.39. The number of hydrogen-bond acceptors (Lipinski definition) is 9. The van der Waals surface area contributed by atoms with Gasteiger partial charge in [0.2, 0.25) is 12.3 Å². The van der Waals surface area contributed by atoms with Gasteiger partial charge in [0.15, 0.2) is 0 Å².